The monoisotopic (exact) mass is 478 g/mol. The molecule has 1 fully saturated rings. The molecular formula is C22H20ClFN2O5S. The molecule has 2 heterocycles. The molecule has 168 valence electrons. The van der Waals surface area contributed by atoms with Crippen LogP contribution in [-0.2, 0) is 14.6 Å². The van der Waals surface area contributed by atoms with Crippen molar-refractivity contribution in [1.29, 1.82) is 0 Å². The topological polar surface area (TPSA) is 96.5 Å². The summed E-state index contributed by atoms with van der Waals surface area (Å²) in [6.07, 6.45) is 0.656. The Morgan fingerprint density at radius 3 is 2.53 bits per heavy atom. The number of hydrogen-bond acceptors (Lipinski definition) is 5. The molecule has 1 saturated heterocycles. The van der Waals surface area contributed by atoms with Crippen molar-refractivity contribution >= 4 is 38.1 Å². The zero-order valence-electron chi connectivity index (χ0n) is 17.1. The van der Waals surface area contributed by atoms with Crippen LogP contribution in [0.4, 0.5) is 4.39 Å². The molecule has 1 amide bonds. The van der Waals surface area contributed by atoms with E-state index < -0.39 is 21.8 Å². The summed E-state index contributed by atoms with van der Waals surface area (Å²) >= 11 is 6.19. The van der Waals surface area contributed by atoms with Crippen LogP contribution in [0.3, 0.4) is 0 Å². The molecule has 10 heteroatoms. The minimum Gasteiger partial charge on any atom is -0.481 e. The number of hydrogen-bond donors (Lipinski definition) is 1. The fourth-order valence-corrected chi connectivity index (χ4v) is 5.16. The second-order valence-corrected chi connectivity index (χ2v) is 10.3. The van der Waals surface area contributed by atoms with Gasteiger partial charge in [-0.15, -0.1) is 0 Å². The predicted molar refractivity (Wildman–Crippen MR) is 120 cm³/mol. The lowest BCUT2D eigenvalue weighted by molar-refractivity contribution is -0.137. The molecule has 0 aliphatic carbocycles. The van der Waals surface area contributed by atoms with Gasteiger partial charge in [0, 0.05) is 30.4 Å². The first-order chi connectivity index (χ1) is 15.1. The number of aromatic nitrogens is 1. The molecule has 0 radical (unpaired) electrons. The van der Waals surface area contributed by atoms with E-state index in [9.17, 15) is 22.4 Å². The van der Waals surface area contributed by atoms with Crippen LogP contribution in [0, 0.1) is 5.82 Å². The highest BCUT2D eigenvalue weighted by atomic mass is 35.5. The number of ether oxygens (including phenoxy) is 1. The molecule has 0 spiro atoms. The van der Waals surface area contributed by atoms with Gasteiger partial charge >= 0.3 is 0 Å². The van der Waals surface area contributed by atoms with Gasteiger partial charge in [0.1, 0.15) is 11.6 Å². The van der Waals surface area contributed by atoms with Gasteiger partial charge in [-0.25, -0.2) is 12.8 Å². The fraction of sp³-hybridized carbons (Fsp3) is 0.273. The summed E-state index contributed by atoms with van der Waals surface area (Å²) in [7, 11) is -3.10. The summed E-state index contributed by atoms with van der Waals surface area (Å²) in [6.45, 7) is 1.84. The first-order valence-corrected chi connectivity index (χ1v) is 12.1. The fourth-order valence-electron chi connectivity index (χ4n) is 3.69. The van der Waals surface area contributed by atoms with Gasteiger partial charge in [0.05, 0.1) is 21.9 Å². The molecule has 2 aromatic carbocycles. The van der Waals surface area contributed by atoms with Crippen molar-refractivity contribution in [2.45, 2.75) is 13.0 Å². The van der Waals surface area contributed by atoms with Gasteiger partial charge in [-0.2, -0.15) is 0 Å². The lowest BCUT2D eigenvalue weighted by Crippen LogP contribution is -2.48. The number of fused-ring (bicyclic) bond motifs is 1. The maximum Gasteiger partial charge on any atom is 0.263 e. The number of carbonyl (C=O) groups is 1. The van der Waals surface area contributed by atoms with Gasteiger partial charge in [-0.05, 0) is 48.7 Å². The summed E-state index contributed by atoms with van der Waals surface area (Å²) < 4.78 is 42.3. The molecule has 0 bridgehead atoms. The molecule has 1 aliphatic heterocycles. The second-order valence-electron chi connectivity index (χ2n) is 7.60. The number of nitrogens with zero attached hydrogens (tertiary/aromatic N) is 1. The second kappa shape index (κ2) is 8.55. The van der Waals surface area contributed by atoms with Crippen LogP contribution < -0.4 is 10.3 Å². The third-order valence-corrected chi connectivity index (χ3v) is 7.33. The average Bonchev–Trinajstić information content (AvgIpc) is 2.74. The average molecular weight is 479 g/mol. The third kappa shape index (κ3) is 4.49. The summed E-state index contributed by atoms with van der Waals surface area (Å²) in [4.78, 5) is 29.2. The molecule has 7 nitrogen and oxygen atoms in total. The van der Waals surface area contributed by atoms with E-state index in [-0.39, 0.29) is 41.1 Å². The Morgan fingerprint density at radius 2 is 1.84 bits per heavy atom. The molecule has 0 saturated carbocycles. The Kier molecular flexibility index (Phi) is 5.96. The van der Waals surface area contributed by atoms with Crippen LogP contribution >= 0.6 is 11.6 Å². The number of amides is 1. The molecule has 0 unspecified atom stereocenters. The van der Waals surface area contributed by atoms with Crippen molar-refractivity contribution in [1.82, 2.24) is 9.88 Å². The number of sulfone groups is 1. The lowest BCUT2D eigenvalue weighted by atomic mass is 10.0. The summed E-state index contributed by atoms with van der Waals surface area (Å²) in [6, 6.07) is 8.86. The Morgan fingerprint density at radius 1 is 1.12 bits per heavy atom. The van der Waals surface area contributed by atoms with Crippen molar-refractivity contribution < 1.29 is 22.3 Å². The highest BCUT2D eigenvalue weighted by Crippen LogP contribution is 2.33. The van der Waals surface area contributed by atoms with Crippen LogP contribution in [-0.4, -0.2) is 54.9 Å². The SMILES string of the molecule is C[C@@H](Oc1ccc2c(-c3ccc(F)cc3Cl)c[nH]c(=O)c2c1)C(=O)N1CCS(=O)(=O)CC1. The van der Waals surface area contributed by atoms with Gasteiger partial charge < -0.3 is 14.6 Å². The standard InChI is InChI=1S/C22H20ClFN2O5S/c1-13(22(28)26-6-8-32(29,30)9-7-26)31-15-3-5-16-18(11-15)21(27)25-12-19(16)17-4-2-14(24)10-20(17)23/h2-5,10-13H,6-9H2,1H3,(H,25,27)/t13-/m1/s1. The van der Waals surface area contributed by atoms with E-state index in [2.05, 4.69) is 4.98 Å². The smallest absolute Gasteiger partial charge is 0.263 e. The van der Waals surface area contributed by atoms with Gasteiger partial charge in [0.2, 0.25) is 0 Å². The minimum absolute atomic E-state index is 0.0640. The maximum atomic E-state index is 13.4. The number of benzene rings is 2. The molecule has 32 heavy (non-hydrogen) atoms. The number of halogens is 2. The normalized spacial score (nSPS) is 16.7. The summed E-state index contributed by atoms with van der Waals surface area (Å²) in [5.74, 6) is -0.596. The number of aromatic amines is 1. The van der Waals surface area contributed by atoms with Crippen LogP contribution in [0.5, 0.6) is 5.75 Å². The highest BCUT2D eigenvalue weighted by molar-refractivity contribution is 7.91. The number of carbonyl (C=O) groups excluding carboxylic acids is 1. The van der Waals surface area contributed by atoms with Gasteiger partial charge in [0.15, 0.2) is 15.9 Å². The van der Waals surface area contributed by atoms with Gasteiger partial charge in [-0.3, -0.25) is 9.59 Å². The molecule has 1 N–H and O–H groups in total. The Bertz CT molecular complexity index is 1360. The van der Waals surface area contributed by atoms with Crippen molar-refractivity contribution in [3.05, 3.63) is 63.8 Å². The van der Waals surface area contributed by atoms with Crippen molar-refractivity contribution in [2.75, 3.05) is 24.6 Å². The van der Waals surface area contributed by atoms with Crippen molar-refractivity contribution in [3.63, 3.8) is 0 Å². The zero-order valence-corrected chi connectivity index (χ0v) is 18.7. The van der Waals surface area contributed by atoms with E-state index in [1.807, 2.05) is 0 Å². The molecular weight excluding hydrogens is 459 g/mol. The quantitative estimate of drug-likeness (QED) is 0.621. The zero-order chi connectivity index (χ0) is 23.0. The Labute approximate surface area is 188 Å². The van der Waals surface area contributed by atoms with E-state index in [4.69, 9.17) is 16.3 Å². The summed E-state index contributed by atoms with van der Waals surface area (Å²) in [5, 5.41) is 1.13. The van der Waals surface area contributed by atoms with E-state index in [1.165, 1.54) is 35.4 Å². The first kappa shape index (κ1) is 22.3. The van der Waals surface area contributed by atoms with Crippen LogP contribution in [0.15, 0.2) is 47.4 Å². The van der Waals surface area contributed by atoms with Crippen LogP contribution in [0.1, 0.15) is 6.92 Å². The Balaban J connectivity index is 1.60. The molecule has 3 aromatic rings. The van der Waals surface area contributed by atoms with Crippen molar-refractivity contribution in [3.8, 4) is 16.9 Å². The van der Waals surface area contributed by atoms with E-state index in [0.717, 1.165) is 0 Å². The number of pyridine rings is 1. The van der Waals surface area contributed by atoms with Crippen LogP contribution in [0.25, 0.3) is 21.9 Å². The molecule has 1 aromatic heterocycles. The van der Waals surface area contributed by atoms with E-state index >= 15 is 0 Å². The largest absolute Gasteiger partial charge is 0.481 e. The van der Waals surface area contributed by atoms with E-state index in [0.29, 0.717) is 27.6 Å². The molecule has 4 rings (SSSR count). The first-order valence-electron chi connectivity index (χ1n) is 9.91. The molecule has 1 atom stereocenters. The van der Waals surface area contributed by atoms with Gasteiger partial charge in [-0.1, -0.05) is 11.6 Å². The lowest BCUT2D eigenvalue weighted by Gasteiger charge is -2.29. The number of H-pyrrole nitrogens is 1. The summed E-state index contributed by atoms with van der Waals surface area (Å²) in [5.41, 5.74) is 0.828. The highest BCUT2D eigenvalue weighted by Gasteiger charge is 2.28. The number of nitrogens with one attached hydrogen (secondary N) is 1. The number of rotatable bonds is 4. The maximum absolute atomic E-state index is 13.4. The van der Waals surface area contributed by atoms with Crippen molar-refractivity contribution in [2.24, 2.45) is 0 Å². The van der Waals surface area contributed by atoms with Crippen LogP contribution in [0.2, 0.25) is 5.02 Å². The minimum atomic E-state index is -3.10. The van der Waals surface area contributed by atoms with Gasteiger partial charge in [0.25, 0.3) is 11.5 Å². The molecule has 1 aliphatic rings. The Hall–Kier alpha value is -2.91. The predicted octanol–water partition coefficient (Wildman–Crippen LogP) is 3.01. The third-order valence-electron chi connectivity index (χ3n) is 5.41. The van der Waals surface area contributed by atoms with E-state index in [1.54, 1.807) is 19.1 Å².